The first-order valence-corrected chi connectivity index (χ1v) is 13.1. The third kappa shape index (κ3) is 4.19. The van der Waals surface area contributed by atoms with Gasteiger partial charge in [-0.25, -0.2) is 0 Å². The predicted molar refractivity (Wildman–Crippen MR) is 144 cm³/mol. The van der Waals surface area contributed by atoms with Gasteiger partial charge in [0.25, 0.3) is 0 Å². The number of piperidine rings is 1. The predicted octanol–water partition coefficient (Wildman–Crippen LogP) is 4.81. The summed E-state index contributed by atoms with van der Waals surface area (Å²) in [5.41, 5.74) is 6.61. The van der Waals surface area contributed by atoms with Crippen LogP contribution in [0.4, 0.5) is 0 Å². The standard InChI is InChI=1S/C31H33N3O3/c1-33-30(35)19-22-7-3-4-10-27(22)31(33)13-17-34(18-14-31)16-6-9-24-25-8-5-15-32-28(25)21-37-29-12-11-23(36-2)20-26(24)29/h3-5,7-12,15,20H,6,13-14,16-19,21H2,1-2H3. The van der Waals surface area contributed by atoms with E-state index in [9.17, 15) is 4.79 Å². The molecule has 0 bridgehead atoms. The minimum Gasteiger partial charge on any atom is -0.497 e. The monoisotopic (exact) mass is 495 g/mol. The lowest BCUT2D eigenvalue weighted by Crippen LogP contribution is -2.56. The fourth-order valence-electron chi connectivity index (χ4n) is 6.25. The zero-order valence-electron chi connectivity index (χ0n) is 21.6. The number of fused-ring (bicyclic) bond motifs is 4. The number of amides is 1. The van der Waals surface area contributed by atoms with Gasteiger partial charge in [-0.15, -0.1) is 0 Å². The summed E-state index contributed by atoms with van der Waals surface area (Å²) in [6.45, 7) is 3.37. The number of methoxy groups -OCH3 is 1. The summed E-state index contributed by atoms with van der Waals surface area (Å²) < 4.78 is 11.6. The Morgan fingerprint density at radius 1 is 1.08 bits per heavy atom. The number of ether oxygens (including phenoxy) is 2. The highest BCUT2D eigenvalue weighted by molar-refractivity contribution is 5.85. The lowest BCUT2D eigenvalue weighted by molar-refractivity contribution is -0.139. The van der Waals surface area contributed by atoms with Gasteiger partial charge in [0, 0.05) is 44.0 Å². The van der Waals surface area contributed by atoms with Crippen molar-refractivity contribution in [3.8, 4) is 11.5 Å². The number of aromatic nitrogens is 1. The van der Waals surface area contributed by atoms with Crippen molar-refractivity contribution in [3.05, 3.63) is 94.8 Å². The summed E-state index contributed by atoms with van der Waals surface area (Å²) in [5, 5.41) is 0. The molecule has 1 aromatic heterocycles. The molecule has 0 unspecified atom stereocenters. The fraction of sp³-hybridized carbons (Fsp3) is 0.355. The van der Waals surface area contributed by atoms with E-state index in [2.05, 4.69) is 46.3 Å². The topological polar surface area (TPSA) is 54.9 Å². The van der Waals surface area contributed by atoms with Gasteiger partial charge in [-0.3, -0.25) is 9.78 Å². The molecule has 2 aromatic carbocycles. The van der Waals surface area contributed by atoms with Gasteiger partial charge in [0.15, 0.2) is 0 Å². The molecule has 0 saturated carbocycles. The van der Waals surface area contributed by atoms with Crippen molar-refractivity contribution in [3.63, 3.8) is 0 Å². The number of nitrogens with zero attached hydrogens (tertiary/aromatic N) is 3. The molecule has 0 N–H and O–H groups in total. The fourth-order valence-corrected chi connectivity index (χ4v) is 6.25. The molecule has 6 heteroatoms. The Labute approximate surface area is 218 Å². The van der Waals surface area contributed by atoms with Crippen LogP contribution in [0.3, 0.4) is 0 Å². The van der Waals surface area contributed by atoms with E-state index in [0.717, 1.165) is 72.8 Å². The maximum Gasteiger partial charge on any atom is 0.227 e. The SMILES string of the molecule is COc1ccc2c(c1)C(=CCCN1CCC3(CC1)c1ccccc1CC(=O)N3C)c1cccnc1CO2. The average Bonchev–Trinajstić information content (AvgIpc) is 3.09. The summed E-state index contributed by atoms with van der Waals surface area (Å²) >= 11 is 0. The van der Waals surface area contributed by atoms with Gasteiger partial charge in [0.1, 0.15) is 18.1 Å². The van der Waals surface area contributed by atoms with Crippen molar-refractivity contribution in [2.75, 3.05) is 33.8 Å². The number of hydrogen-bond acceptors (Lipinski definition) is 5. The Balaban J connectivity index is 1.21. The van der Waals surface area contributed by atoms with Crippen molar-refractivity contribution < 1.29 is 14.3 Å². The van der Waals surface area contributed by atoms with E-state index in [1.807, 2.05) is 42.4 Å². The molecule has 1 spiro atoms. The number of carbonyl (C=O) groups is 1. The molecule has 0 aliphatic carbocycles. The van der Waals surface area contributed by atoms with Crippen LogP contribution in [0.25, 0.3) is 5.57 Å². The first kappa shape index (κ1) is 23.7. The minimum atomic E-state index is -0.181. The first-order valence-electron chi connectivity index (χ1n) is 13.1. The van der Waals surface area contributed by atoms with Gasteiger partial charge in [0.05, 0.1) is 24.8 Å². The van der Waals surface area contributed by atoms with Crippen LogP contribution in [0.1, 0.15) is 47.2 Å². The summed E-state index contributed by atoms with van der Waals surface area (Å²) in [4.78, 5) is 22.0. The van der Waals surface area contributed by atoms with Crippen LogP contribution in [0, 0.1) is 0 Å². The van der Waals surface area contributed by atoms with Crippen LogP contribution < -0.4 is 9.47 Å². The number of benzene rings is 2. The Morgan fingerprint density at radius 3 is 2.76 bits per heavy atom. The highest BCUT2D eigenvalue weighted by atomic mass is 16.5. The lowest BCUT2D eigenvalue weighted by atomic mass is 9.74. The Morgan fingerprint density at radius 2 is 1.92 bits per heavy atom. The number of rotatable bonds is 4. The van der Waals surface area contributed by atoms with E-state index < -0.39 is 0 Å². The molecule has 0 radical (unpaired) electrons. The van der Waals surface area contributed by atoms with Crippen LogP contribution in [-0.4, -0.2) is 54.5 Å². The zero-order valence-corrected chi connectivity index (χ0v) is 21.6. The van der Waals surface area contributed by atoms with E-state index in [1.165, 1.54) is 11.1 Å². The van der Waals surface area contributed by atoms with Crippen LogP contribution in [0.5, 0.6) is 11.5 Å². The first-order chi connectivity index (χ1) is 18.1. The largest absolute Gasteiger partial charge is 0.497 e. The van der Waals surface area contributed by atoms with Gasteiger partial charge in [-0.05, 0) is 60.2 Å². The molecular formula is C31H33N3O3. The third-order valence-corrected chi connectivity index (χ3v) is 8.38. The second-order valence-electron chi connectivity index (χ2n) is 10.2. The molecule has 1 fully saturated rings. The van der Waals surface area contributed by atoms with Crippen molar-refractivity contribution >= 4 is 11.5 Å². The summed E-state index contributed by atoms with van der Waals surface area (Å²) in [5.74, 6) is 1.90. The Bertz CT molecular complexity index is 1360. The second-order valence-corrected chi connectivity index (χ2v) is 10.2. The molecule has 3 aromatic rings. The van der Waals surface area contributed by atoms with E-state index in [0.29, 0.717) is 13.0 Å². The highest BCUT2D eigenvalue weighted by Gasteiger charge is 2.45. The number of pyridine rings is 1. The van der Waals surface area contributed by atoms with Crippen LogP contribution in [-0.2, 0) is 23.4 Å². The van der Waals surface area contributed by atoms with Crippen LogP contribution in [0.2, 0.25) is 0 Å². The maximum atomic E-state index is 12.8. The molecular weight excluding hydrogens is 462 g/mol. The lowest BCUT2D eigenvalue weighted by Gasteiger charge is -2.50. The van der Waals surface area contributed by atoms with E-state index in [4.69, 9.17) is 9.47 Å². The molecule has 1 amide bonds. The number of likely N-dealkylation sites (N-methyl/N-ethyl adjacent to an activating group) is 1. The molecule has 6 nitrogen and oxygen atoms in total. The third-order valence-electron chi connectivity index (χ3n) is 8.38. The van der Waals surface area contributed by atoms with Crippen LogP contribution in [0.15, 0.2) is 66.9 Å². The van der Waals surface area contributed by atoms with Gasteiger partial charge >= 0.3 is 0 Å². The van der Waals surface area contributed by atoms with E-state index >= 15 is 0 Å². The quantitative estimate of drug-likeness (QED) is 0.520. The van der Waals surface area contributed by atoms with Gasteiger partial charge in [0.2, 0.25) is 5.91 Å². The minimum absolute atomic E-state index is 0.181. The summed E-state index contributed by atoms with van der Waals surface area (Å²) in [6.07, 6.45) is 7.50. The summed E-state index contributed by atoms with van der Waals surface area (Å²) in [6, 6.07) is 18.6. The number of likely N-dealkylation sites (tertiary alicyclic amines) is 1. The molecule has 6 rings (SSSR count). The highest BCUT2D eigenvalue weighted by Crippen LogP contribution is 2.43. The van der Waals surface area contributed by atoms with Crippen molar-refractivity contribution in [1.29, 1.82) is 0 Å². The number of hydrogen-bond donors (Lipinski definition) is 0. The Hall–Kier alpha value is -3.64. The molecule has 4 heterocycles. The summed E-state index contributed by atoms with van der Waals surface area (Å²) in [7, 11) is 3.68. The zero-order chi connectivity index (χ0) is 25.4. The van der Waals surface area contributed by atoms with E-state index in [1.54, 1.807) is 7.11 Å². The molecule has 3 aliphatic rings. The van der Waals surface area contributed by atoms with Gasteiger partial charge < -0.3 is 19.3 Å². The molecule has 37 heavy (non-hydrogen) atoms. The van der Waals surface area contributed by atoms with Crippen LogP contribution >= 0.6 is 0 Å². The number of carbonyl (C=O) groups excluding carboxylic acids is 1. The maximum absolute atomic E-state index is 12.8. The Kier molecular flexibility index (Phi) is 6.21. The molecule has 3 aliphatic heterocycles. The smallest absolute Gasteiger partial charge is 0.227 e. The van der Waals surface area contributed by atoms with Crippen molar-refractivity contribution in [1.82, 2.24) is 14.8 Å². The second kappa shape index (κ2) is 9.67. The molecule has 0 atom stereocenters. The van der Waals surface area contributed by atoms with Gasteiger partial charge in [-0.2, -0.15) is 0 Å². The van der Waals surface area contributed by atoms with Gasteiger partial charge in [-0.1, -0.05) is 36.4 Å². The van der Waals surface area contributed by atoms with E-state index in [-0.39, 0.29) is 11.4 Å². The average molecular weight is 496 g/mol. The normalized spacial score (nSPS) is 19.6. The van der Waals surface area contributed by atoms with Crippen molar-refractivity contribution in [2.24, 2.45) is 0 Å². The molecule has 190 valence electrons. The molecule has 1 saturated heterocycles. The van der Waals surface area contributed by atoms with Crippen molar-refractivity contribution in [2.45, 2.75) is 37.8 Å².